The second kappa shape index (κ2) is 6.05. The lowest BCUT2D eigenvalue weighted by atomic mass is 9.95. The van der Waals surface area contributed by atoms with Crippen molar-refractivity contribution in [1.82, 2.24) is 4.98 Å². The zero-order valence-corrected chi connectivity index (χ0v) is 11.1. The largest absolute Gasteiger partial charge is 0.473 e. The maximum Gasteiger partial charge on any atom is 0.237 e. The van der Waals surface area contributed by atoms with Gasteiger partial charge in [-0.2, -0.15) is 0 Å². The van der Waals surface area contributed by atoms with Crippen molar-refractivity contribution in [2.75, 3.05) is 5.32 Å². The average molecular weight is 250 g/mol. The third-order valence-corrected chi connectivity index (χ3v) is 3.14. The molecular weight excluding hydrogens is 228 g/mol. The summed E-state index contributed by atoms with van der Waals surface area (Å²) in [5.41, 5.74) is 0.943. The summed E-state index contributed by atoms with van der Waals surface area (Å²) in [6.07, 6.45) is 5.23. The van der Waals surface area contributed by atoms with E-state index in [1.807, 2.05) is 12.1 Å². The van der Waals surface area contributed by atoms with Crippen LogP contribution in [0.2, 0.25) is 0 Å². The minimum Gasteiger partial charge on any atom is -0.473 e. The summed E-state index contributed by atoms with van der Waals surface area (Å²) in [6.45, 7) is 4.18. The standard InChI is InChI=1S/C14H22N2O2/c1-10(2)16-13-4-3-9-15-14(13)18-12-7-5-11(17)6-8-12/h3-4,9-12,16-17H,5-8H2,1-2H3/t11-,12-. The summed E-state index contributed by atoms with van der Waals surface area (Å²) in [5, 5.41) is 12.8. The first kappa shape index (κ1) is 13.1. The number of anilines is 1. The maximum absolute atomic E-state index is 9.48. The molecule has 4 nitrogen and oxygen atoms in total. The van der Waals surface area contributed by atoms with E-state index in [1.54, 1.807) is 6.20 Å². The fraction of sp³-hybridized carbons (Fsp3) is 0.643. The van der Waals surface area contributed by atoms with Gasteiger partial charge in [0, 0.05) is 12.2 Å². The van der Waals surface area contributed by atoms with Crippen LogP contribution in [0.4, 0.5) is 5.69 Å². The van der Waals surface area contributed by atoms with Crippen LogP contribution in [-0.2, 0) is 0 Å². The van der Waals surface area contributed by atoms with Gasteiger partial charge in [-0.05, 0) is 51.7 Å². The van der Waals surface area contributed by atoms with E-state index >= 15 is 0 Å². The predicted octanol–water partition coefficient (Wildman–Crippen LogP) is 2.58. The van der Waals surface area contributed by atoms with Crippen LogP contribution in [-0.4, -0.2) is 28.3 Å². The van der Waals surface area contributed by atoms with Gasteiger partial charge < -0.3 is 15.2 Å². The van der Waals surface area contributed by atoms with E-state index < -0.39 is 0 Å². The predicted molar refractivity (Wildman–Crippen MR) is 71.9 cm³/mol. The quantitative estimate of drug-likeness (QED) is 0.862. The Labute approximate surface area is 108 Å². The van der Waals surface area contributed by atoms with Crippen molar-refractivity contribution in [2.45, 2.75) is 57.8 Å². The summed E-state index contributed by atoms with van der Waals surface area (Å²) in [7, 11) is 0. The van der Waals surface area contributed by atoms with Crippen LogP contribution < -0.4 is 10.1 Å². The Morgan fingerprint density at radius 1 is 1.33 bits per heavy atom. The Hall–Kier alpha value is -1.29. The molecule has 0 radical (unpaired) electrons. The fourth-order valence-electron chi connectivity index (χ4n) is 2.23. The molecule has 0 aromatic carbocycles. The molecule has 100 valence electrons. The highest BCUT2D eigenvalue weighted by Crippen LogP contribution is 2.27. The average Bonchev–Trinajstić information content (AvgIpc) is 2.34. The van der Waals surface area contributed by atoms with Gasteiger partial charge in [0.2, 0.25) is 5.88 Å². The van der Waals surface area contributed by atoms with Crippen molar-refractivity contribution < 1.29 is 9.84 Å². The van der Waals surface area contributed by atoms with Crippen molar-refractivity contribution in [1.29, 1.82) is 0 Å². The highest BCUT2D eigenvalue weighted by molar-refractivity contribution is 5.52. The molecule has 0 aliphatic heterocycles. The smallest absolute Gasteiger partial charge is 0.237 e. The third-order valence-electron chi connectivity index (χ3n) is 3.14. The maximum atomic E-state index is 9.48. The van der Waals surface area contributed by atoms with E-state index in [9.17, 15) is 5.11 Å². The molecule has 0 amide bonds. The molecule has 0 bridgehead atoms. The lowest BCUT2D eigenvalue weighted by Crippen LogP contribution is -2.27. The van der Waals surface area contributed by atoms with Gasteiger partial charge in [0.25, 0.3) is 0 Å². The zero-order chi connectivity index (χ0) is 13.0. The Balaban J connectivity index is 2.00. The van der Waals surface area contributed by atoms with Crippen LogP contribution in [0.5, 0.6) is 5.88 Å². The number of nitrogens with one attached hydrogen (secondary N) is 1. The van der Waals surface area contributed by atoms with Gasteiger partial charge in [-0.1, -0.05) is 0 Å². The SMILES string of the molecule is CC(C)Nc1cccnc1O[C@H]1CC[C@H](O)CC1. The Morgan fingerprint density at radius 2 is 2.06 bits per heavy atom. The molecule has 1 aromatic rings. The molecule has 0 saturated heterocycles. The summed E-state index contributed by atoms with van der Waals surface area (Å²) in [6, 6.07) is 4.24. The molecule has 2 N–H and O–H groups in total. The van der Waals surface area contributed by atoms with E-state index in [0.717, 1.165) is 31.4 Å². The monoisotopic (exact) mass is 250 g/mol. The number of hydrogen-bond acceptors (Lipinski definition) is 4. The second-order valence-electron chi connectivity index (χ2n) is 5.20. The van der Waals surface area contributed by atoms with Gasteiger partial charge in [-0.25, -0.2) is 4.98 Å². The number of rotatable bonds is 4. The molecule has 1 aliphatic rings. The summed E-state index contributed by atoms with van der Waals surface area (Å²) >= 11 is 0. The van der Waals surface area contributed by atoms with Gasteiger partial charge >= 0.3 is 0 Å². The third kappa shape index (κ3) is 3.60. The number of aromatic nitrogens is 1. The van der Waals surface area contributed by atoms with Gasteiger partial charge in [0.1, 0.15) is 6.10 Å². The molecule has 1 saturated carbocycles. The number of aliphatic hydroxyl groups is 1. The molecule has 0 unspecified atom stereocenters. The zero-order valence-electron chi connectivity index (χ0n) is 11.1. The van der Waals surface area contributed by atoms with Gasteiger partial charge in [-0.15, -0.1) is 0 Å². The molecule has 4 heteroatoms. The fourth-order valence-corrected chi connectivity index (χ4v) is 2.23. The normalized spacial score (nSPS) is 24.0. The first-order valence-electron chi connectivity index (χ1n) is 6.71. The van der Waals surface area contributed by atoms with Crippen LogP contribution in [0.3, 0.4) is 0 Å². The molecule has 0 spiro atoms. The van der Waals surface area contributed by atoms with Crippen LogP contribution in [0, 0.1) is 0 Å². The lowest BCUT2D eigenvalue weighted by Gasteiger charge is -2.26. The highest BCUT2D eigenvalue weighted by atomic mass is 16.5. The molecule has 1 heterocycles. The number of hydrogen-bond donors (Lipinski definition) is 2. The van der Waals surface area contributed by atoms with Crippen molar-refractivity contribution in [3.8, 4) is 5.88 Å². The van der Waals surface area contributed by atoms with Crippen molar-refractivity contribution >= 4 is 5.69 Å². The van der Waals surface area contributed by atoms with Crippen LogP contribution in [0.15, 0.2) is 18.3 Å². The summed E-state index contributed by atoms with van der Waals surface area (Å²) < 4.78 is 5.95. The van der Waals surface area contributed by atoms with E-state index in [4.69, 9.17) is 4.74 Å². The molecular formula is C14H22N2O2. The topological polar surface area (TPSA) is 54.4 Å². The second-order valence-corrected chi connectivity index (χ2v) is 5.20. The van der Waals surface area contributed by atoms with E-state index in [-0.39, 0.29) is 12.2 Å². The van der Waals surface area contributed by atoms with Crippen molar-refractivity contribution in [3.63, 3.8) is 0 Å². The molecule has 18 heavy (non-hydrogen) atoms. The summed E-state index contributed by atoms with van der Waals surface area (Å²) in [5.74, 6) is 0.674. The van der Waals surface area contributed by atoms with Crippen LogP contribution >= 0.6 is 0 Å². The molecule has 1 aliphatic carbocycles. The summed E-state index contributed by atoms with van der Waals surface area (Å²) in [4.78, 5) is 4.30. The Kier molecular flexibility index (Phi) is 4.42. The van der Waals surface area contributed by atoms with Gasteiger partial charge in [0.05, 0.1) is 11.8 Å². The van der Waals surface area contributed by atoms with Crippen LogP contribution in [0.1, 0.15) is 39.5 Å². The van der Waals surface area contributed by atoms with Gasteiger partial charge in [0.15, 0.2) is 0 Å². The minimum absolute atomic E-state index is 0.151. The molecule has 2 rings (SSSR count). The van der Waals surface area contributed by atoms with E-state index in [0.29, 0.717) is 11.9 Å². The first-order chi connectivity index (χ1) is 8.65. The number of ether oxygens (including phenoxy) is 1. The van der Waals surface area contributed by atoms with Crippen molar-refractivity contribution in [2.24, 2.45) is 0 Å². The number of nitrogens with zero attached hydrogens (tertiary/aromatic N) is 1. The van der Waals surface area contributed by atoms with Crippen molar-refractivity contribution in [3.05, 3.63) is 18.3 Å². The number of pyridine rings is 1. The van der Waals surface area contributed by atoms with E-state index in [2.05, 4.69) is 24.1 Å². The first-order valence-corrected chi connectivity index (χ1v) is 6.71. The minimum atomic E-state index is -0.151. The Morgan fingerprint density at radius 3 is 2.72 bits per heavy atom. The van der Waals surface area contributed by atoms with Gasteiger partial charge in [-0.3, -0.25) is 0 Å². The van der Waals surface area contributed by atoms with Crippen LogP contribution in [0.25, 0.3) is 0 Å². The molecule has 1 fully saturated rings. The number of aliphatic hydroxyl groups excluding tert-OH is 1. The Bertz CT molecular complexity index is 374. The molecule has 0 atom stereocenters. The van der Waals surface area contributed by atoms with E-state index in [1.165, 1.54) is 0 Å². The molecule has 1 aromatic heterocycles. The highest BCUT2D eigenvalue weighted by Gasteiger charge is 2.21. The lowest BCUT2D eigenvalue weighted by molar-refractivity contribution is 0.0647.